The number of anilines is 1. The van der Waals surface area contributed by atoms with Gasteiger partial charge in [0.1, 0.15) is 11.4 Å². The molecule has 1 amide bonds. The number of hydrogen-bond donors (Lipinski definition) is 2. The van der Waals surface area contributed by atoms with Crippen molar-refractivity contribution in [1.82, 2.24) is 10.3 Å². The molecule has 1 atom stereocenters. The summed E-state index contributed by atoms with van der Waals surface area (Å²) >= 11 is 0. The minimum atomic E-state index is -0.229. The van der Waals surface area contributed by atoms with Gasteiger partial charge in [-0.05, 0) is 24.6 Å². The molecule has 5 heteroatoms. The molecule has 3 N–H and O–H groups in total. The standard InChI is InChI=1S/C16H19N3O2/c1-3-13(12-6-4-5-7-15(12)21-2)19-16(20)14-9-8-11(17)10-18-14/h4-10,13H,3,17H2,1-2H3,(H,19,20). The number of ether oxygens (including phenoxy) is 1. The van der Waals surface area contributed by atoms with Gasteiger partial charge in [0.15, 0.2) is 0 Å². The van der Waals surface area contributed by atoms with Gasteiger partial charge < -0.3 is 15.8 Å². The molecule has 0 saturated carbocycles. The van der Waals surface area contributed by atoms with Gasteiger partial charge in [-0.15, -0.1) is 0 Å². The topological polar surface area (TPSA) is 77.2 Å². The second kappa shape index (κ2) is 6.74. The molecule has 1 heterocycles. The van der Waals surface area contributed by atoms with E-state index in [-0.39, 0.29) is 11.9 Å². The quantitative estimate of drug-likeness (QED) is 0.885. The molecular formula is C16H19N3O2. The molecule has 0 aliphatic rings. The van der Waals surface area contributed by atoms with Crippen LogP contribution in [0.2, 0.25) is 0 Å². The number of para-hydroxylation sites is 1. The number of nitrogens with one attached hydrogen (secondary N) is 1. The van der Waals surface area contributed by atoms with E-state index >= 15 is 0 Å². The predicted molar refractivity (Wildman–Crippen MR) is 82.1 cm³/mol. The molecule has 1 aromatic heterocycles. The zero-order chi connectivity index (χ0) is 15.2. The summed E-state index contributed by atoms with van der Waals surface area (Å²) < 4.78 is 5.35. The highest BCUT2D eigenvalue weighted by molar-refractivity contribution is 5.92. The van der Waals surface area contributed by atoms with Crippen LogP contribution < -0.4 is 15.8 Å². The molecule has 21 heavy (non-hydrogen) atoms. The maximum atomic E-state index is 12.2. The third-order valence-electron chi connectivity index (χ3n) is 3.25. The molecule has 110 valence electrons. The number of pyridine rings is 1. The fourth-order valence-corrected chi connectivity index (χ4v) is 2.13. The number of rotatable bonds is 5. The molecule has 5 nitrogen and oxygen atoms in total. The highest BCUT2D eigenvalue weighted by atomic mass is 16.5. The van der Waals surface area contributed by atoms with Gasteiger partial charge in [-0.2, -0.15) is 0 Å². The molecule has 0 radical (unpaired) electrons. The van der Waals surface area contributed by atoms with Crippen LogP contribution in [-0.2, 0) is 0 Å². The average Bonchev–Trinajstić information content (AvgIpc) is 2.53. The Balaban J connectivity index is 2.19. The molecule has 2 rings (SSSR count). The van der Waals surface area contributed by atoms with E-state index in [9.17, 15) is 4.79 Å². The molecule has 1 aromatic carbocycles. The number of carbonyl (C=O) groups is 1. The highest BCUT2D eigenvalue weighted by Crippen LogP contribution is 2.26. The SMILES string of the molecule is CCC(NC(=O)c1ccc(N)cn1)c1ccccc1OC. The number of aromatic nitrogens is 1. The Morgan fingerprint density at radius 3 is 2.71 bits per heavy atom. The maximum Gasteiger partial charge on any atom is 0.270 e. The van der Waals surface area contributed by atoms with Gasteiger partial charge in [0.25, 0.3) is 5.91 Å². The van der Waals surface area contributed by atoms with Crippen molar-refractivity contribution in [2.45, 2.75) is 19.4 Å². The Hall–Kier alpha value is -2.56. The molecule has 0 spiro atoms. The molecular weight excluding hydrogens is 266 g/mol. The van der Waals surface area contributed by atoms with Gasteiger partial charge in [0, 0.05) is 5.56 Å². The van der Waals surface area contributed by atoms with Crippen molar-refractivity contribution in [3.8, 4) is 5.75 Å². The predicted octanol–water partition coefficient (Wildman–Crippen LogP) is 2.55. The van der Waals surface area contributed by atoms with Gasteiger partial charge in [-0.1, -0.05) is 25.1 Å². The average molecular weight is 285 g/mol. The largest absolute Gasteiger partial charge is 0.496 e. The third-order valence-corrected chi connectivity index (χ3v) is 3.25. The van der Waals surface area contributed by atoms with E-state index in [2.05, 4.69) is 10.3 Å². The lowest BCUT2D eigenvalue weighted by molar-refractivity contribution is 0.0930. The number of hydrogen-bond acceptors (Lipinski definition) is 4. The Morgan fingerprint density at radius 2 is 2.10 bits per heavy atom. The van der Waals surface area contributed by atoms with Gasteiger partial charge >= 0.3 is 0 Å². The van der Waals surface area contributed by atoms with Gasteiger partial charge in [-0.25, -0.2) is 4.98 Å². The van der Waals surface area contributed by atoms with Crippen LogP contribution in [0.1, 0.15) is 35.4 Å². The Bertz CT molecular complexity index is 611. The number of nitrogen functional groups attached to an aromatic ring is 1. The van der Waals surface area contributed by atoms with Gasteiger partial charge in [-0.3, -0.25) is 4.79 Å². The van der Waals surface area contributed by atoms with Crippen LogP contribution in [0.5, 0.6) is 5.75 Å². The molecule has 0 bridgehead atoms. The van der Waals surface area contributed by atoms with E-state index in [4.69, 9.17) is 10.5 Å². The number of methoxy groups -OCH3 is 1. The zero-order valence-electron chi connectivity index (χ0n) is 12.2. The normalized spacial score (nSPS) is 11.7. The van der Waals surface area contributed by atoms with Crippen molar-refractivity contribution in [3.63, 3.8) is 0 Å². The lowest BCUT2D eigenvalue weighted by Gasteiger charge is -2.19. The van der Waals surface area contributed by atoms with Crippen molar-refractivity contribution in [2.24, 2.45) is 0 Å². The molecule has 2 aromatic rings. The number of carbonyl (C=O) groups excluding carboxylic acids is 1. The van der Waals surface area contributed by atoms with E-state index in [0.29, 0.717) is 11.4 Å². The summed E-state index contributed by atoms with van der Waals surface area (Å²) in [4.78, 5) is 16.3. The van der Waals surface area contributed by atoms with Crippen LogP contribution in [0.15, 0.2) is 42.6 Å². The van der Waals surface area contributed by atoms with Crippen molar-refractivity contribution < 1.29 is 9.53 Å². The summed E-state index contributed by atoms with van der Waals surface area (Å²) in [6.07, 6.45) is 2.22. The minimum absolute atomic E-state index is 0.131. The molecule has 0 saturated heterocycles. The van der Waals surface area contributed by atoms with Crippen LogP contribution in [0.3, 0.4) is 0 Å². The summed E-state index contributed by atoms with van der Waals surface area (Å²) in [6.45, 7) is 2.01. The second-order valence-corrected chi connectivity index (χ2v) is 4.65. The fourth-order valence-electron chi connectivity index (χ4n) is 2.13. The highest BCUT2D eigenvalue weighted by Gasteiger charge is 2.17. The Labute approximate surface area is 124 Å². The van der Waals surface area contributed by atoms with Crippen molar-refractivity contribution >= 4 is 11.6 Å². The minimum Gasteiger partial charge on any atom is -0.496 e. The van der Waals surface area contributed by atoms with Crippen LogP contribution in [0.25, 0.3) is 0 Å². The first-order chi connectivity index (χ1) is 10.2. The number of benzene rings is 1. The smallest absolute Gasteiger partial charge is 0.270 e. The summed E-state index contributed by atoms with van der Waals surface area (Å²) in [5, 5.41) is 2.97. The van der Waals surface area contributed by atoms with Crippen LogP contribution in [-0.4, -0.2) is 18.0 Å². The van der Waals surface area contributed by atoms with Crippen LogP contribution in [0, 0.1) is 0 Å². The molecule has 0 aliphatic heterocycles. The van der Waals surface area contributed by atoms with E-state index < -0.39 is 0 Å². The van der Waals surface area contributed by atoms with E-state index in [1.165, 1.54) is 6.20 Å². The first-order valence-corrected chi connectivity index (χ1v) is 6.81. The fraction of sp³-hybridized carbons (Fsp3) is 0.250. The second-order valence-electron chi connectivity index (χ2n) is 4.65. The summed E-state index contributed by atoms with van der Waals surface area (Å²) in [7, 11) is 1.62. The lowest BCUT2D eigenvalue weighted by atomic mass is 10.0. The third kappa shape index (κ3) is 3.51. The first-order valence-electron chi connectivity index (χ1n) is 6.81. The van der Waals surface area contributed by atoms with Crippen molar-refractivity contribution in [2.75, 3.05) is 12.8 Å². The Kier molecular flexibility index (Phi) is 4.77. The maximum absolute atomic E-state index is 12.2. The van der Waals surface area contributed by atoms with Crippen LogP contribution >= 0.6 is 0 Å². The zero-order valence-corrected chi connectivity index (χ0v) is 12.2. The van der Waals surface area contributed by atoms with Crippen LogP contribution in [0.4, 0.5) is 5.69 Å². The first kappa shape index (κ1) is 14.8. The van der Waals surface area contributed by atoms with Gasteiger partial charge in [0.2, 0.25) is 0 Å². The van der Waals surface area contributed by atoms with E-state index in [0.717, 1.165) is 17.7 Å². The summed E-state index contributed by atoms with van der Waals surface area (Å²) in [6, 6.07) is 10.8. The molecule has 0 fully saturated rings. The van der Waals surface area contributed by atoms with Crippen molar-refractivity contribution in [3.05, 3.63) is 53.9 Å². The number of nitrogens with two attached hydrogens (primary N) is 1. The van der Waals surface area contributed by atoms with E-state index in [1.807, 2.05) is 31.2 Å². The number of amides is 1. The Morgan fingerprint density at radius 1 is 1.33 bits per heavy atom. The lowest BCUT2D eigenvalue weighted by Crippen LogP contribution is -2.29. The summed E-state index contributed by atoms with van der Waals surface area (Å²) in [5.41, 5.74) is 7.40. The molecule has 1 unspecified atom stereocenters. The molecule has 0 aliphatic carbocycles. The number of nitrogens with zero attached hydrogens (tertiary/aromatic N) is 1. The summed E-state index contributed by atoms with van der Waals surface area (Å²) in [5.74, 6) is 0.530. The van der Waals surface area contributed by atoms with Gasteiger partial charge in [0.05, 0.1) is 25.0 Å². The van der Waals surface area contributed by atoms with Crippen molar-refractivity contribution in [1.29, 1.82) is 0 Å². The van der Waals surface area contributed by atoms with E-state index in [1.54, 1.807) is 19.2 Å². The monoisotopic (exact) mass is 285 g/mol.